The second-order valence-corrected chi connectivity index (χ2v) is 9.23. The molecule has 0 radical (unpaired) electrons. The maximum Gasteiger partial charge on any atom is 0.305 e. The first kappa shape index (κ1) is 26.1. The number of hydrogen-bond donors (Lipinski definition) is 0. The number of pyridine rings is 1. The van der Waals surface area contributed by atoms with Gasteiger partial charge in [-0.25, -0.2) is 4.98 Å². The van der Waals surface area contributed by atoms with Crippen LogP contribution in [-0.2, 0) is 9.53 Å². The van der Waals surface area contributed by atoms with Crippen molar-refractivity contribution in [1.82, 2.24) is 4.98 Å². The van der Waals surface area contributed by atoms with E-state index in [4.69, 9.17) is 23.9 Å². The molecule has 4 aromatic rings. The Hall–Kier alpha value is -4.57. The first-order valence-electron chi connectivity index (χ1n) is 13.3. The molecule has 7 heteroatoms. The number of unbranched alkanes of at least 4 members (excludes halogenated alkanes) is 2. The van der Waals surface area contributed by atoms with E-state index in [0.29, 0.717) is 67.0 Å². The lowest BCUT2D eigenvalue weighted by Gasteiger charge is -2.19. The third-order valence-electron chi connectivity index (χ3n) is 6.57. The van der Waals surface area contributed by atoms with E-state index in [2.05, 4.69) is 30.3 Å². The Bertz CT molecular complexity index is 1530. The lowest BCUT2D eigenvalue weighted by Crippen LogP contribution is -2.15. The predicted molar refractivity (Wildman–Crippen MR) is 149 cm³/mol. The van der Waals surface area contributed by atoms with Gasteiger partial charge in [-0.1, -0.05) is 42.5 Å². The lowest BCUT2D eigenvalue weighted by atomic mass is 9.97. The minimum Gasteiger partial charge on any atom is -0.486 e. The van der Waals surface area contributed by atoms with Crippen LogP contribution in [0.3, 0.4) is 0 Å². The van der Waals surface area contributed by atoms with Crippen LogP contribution in [0.4, 0.5) is 0 Å². The SMILES string of the molecule is CCOC(=O)CCCCCOc1nc(-c2ccc3ccccc3c2)cc(-c2ccc3c(c2)OCCO3)c1C#N. The van der Waals surface area contributed by atoms with E-state index in [1.54, 1.807) is 6.92 Å². The van der Waals surface area contributed by atoms with E-state index < -0.39 is 0 Å². The van der Waals surface area contributed by atoms with Gasteiger partial charge in [0.15, 0.2) is 11.5 Å². The highest BCUT2D eigenvalue weighted by molar-refractivity contribution is 5.88. The number of nitrogens with zero attached hydrogens (tertiary/aromatic N) is 2. The molecule has 5 rings (SSSR count). The van der Waals surface area contributed by atoms with Gasteiger partial charge in [-0.05, 0) is 66.8 Å². The molecule has 0 bridgehead atoms. The van der Waals surface area contributed by atoms with Gasteiger partial charge in [-0.2, -0.15) is 5.26 Å². The van der Waals surface area contributed by atoms with E-state index >= 15 is 0 Å². The van der Waals surface area contributed by atoms with Crippen LogP contribution in [0.5, 0.6) is 17.4 Å². The van der Waals surface area contributed by atoms with Crippen molar-refractivity contribution in [2.24, 2.45) is 0 Å². The highest BCUT2D eigenvalue weighted by Gasteiger charge is 2.19. The minimum absolute atomic E-state index is 0.181. The molecule has 1 aliphatic heterocycles. The summed E-state index contributed by atoms with van der Waals surface area (Å²) in [5, 5.41) is 12.4. The fourth-order valence-electron chi connectivity index (χ4n) is 4.62. The molecule has 3 aromatic carbocycles. The molecule has 0 atom stereocenters. The molecule has 198 valence electrons. The van der Waals surface area contributed by atoms with E-state index in [-0.39, 0.29) is 5.97 Å². The van der Waals surface area contributed by atoms with Crippen molar-refractivity contribution in [3.05, 3.63) is 72.3 Å². The molecule has 0 fully saturated rings. The third kappa shape index (κ3) is 6.12. The van der Waals surface area contributed by atoms with Gasteiger partial charge in [0, 0.05) is 17.5 Å². The van der Waals surface area contributed by atoms with Crippen LogP contribution in [-0.4, -0.2) is 37.4 Å². The Morgan fingerprint density at radius 3 is 2.54 bits per heavy atom. The Kier molecular flexibility index (Phi) is 8.23. The number of nitriles is 1. The minimum atomic E-state index is -0.181. The molecule has 39 heavy (non-hydrogen) atoms. The molecule has 0 amide bonds. The molecule has 0 N–H and O–H groups in total. The summed E-state index contributed by atoms with van der Waals surface area (Å²) in [7, 11) is 0. The molecule has 7 nitrogen and oxygen atoms in total. The number of benzene rings is 3. The normalized spacial score (nSPS) is 12.1. The molecule has 0 aliphatic carbocycles. The summed E-state index contributed by atoms with van der Waals surface area (Å²) in [6.07, 6.45) is 2.65. The van der Waals surface area contributed by atoms with Crippen molar-refractivity contribution in [3.8, 4) is 45.8 Å². The molecule has 0 saturated carbocycles. The number of rotatable bonds is 10. The number of fused-ring (bicyclic) bond motifs is 2. The number of carbonyl (C=O) groups excluding carboxylic acids is 1. The molecule has 1 aliphatic rings. The molecule has 2 heterocycles. The van der Waals surface area contributed by atoms with E-state index in [1.807, 2.05) is 42.5 Å². The second-order valence-electron chi connectivity index (χ2n) is 9.23. The second kappa shape index (κ2) is 12.3. The zero-order valence-electron chi connectivity index (χ0n) is 21.9. The Labute approximate surface area is 227 Å². The van der Waals surface area contributed by atoms with Crippen molar-refractivity contribution in [2.45, 2.75) is 32.6 Å². The van der Waals surface area contributed by atoms with Crippen molar-refractivity contribution in [2.75, 3.05) is 26.4 Å². The van der Waals surface area contributed by atoms with Crippen LogP contribution < -0.4 is 14.2 Å². The van der Waals surface area contributed by atoms with Gasteiger partial charge >= 0.3 is 5.97 Å². The monoisotopic (exact) mass is 522 g/mol. The quantitative estimate of drug-likeness (QED) is 0.169. The lowest BCUT2D eigenvalue weighted by molar-refractivity contribution is -0.143. The van der Waals surface area contributed by atoms with Gasteiger partial charge in [-0.3, -0.25) is 4.79 Å². The molecule has 0 unspecified atom stereocenters. The number of aromatic nitrogens is 1. The van der Waals surface area contributed by atoms with Crippen LogP contribution >= 0.6 is 0 Å². The van der Waals surface area contributed by atoms with Crippen LogP contribution in [0.25, 0.3) is 33.2 Å². The topological polar surface area (TPSA) is 90.7 Å². The van der Waals surface area contributed by atoms with Crippen molar-refractivity contribution in [1.29, 1.82) is 5.26 Å². The zero-order valence-corrected chi connectivity index (χ0v) is 21.9. The van der Waals surface area contributed by atoms with Gasteiger partial charge < -0.3 is 18.9 Å². The largest absolute Gasteiger partial charge is 0.486 e. The van der Waals surface area contributed by atoms with Crippen molar-refractivity contribution in [3.63, 3.8) is 0 Å². The Balaban J connectivity index is 1.46. The molecule has 0 spiro atoms. The van der Waals surface area contributed by atoms with E-state index in [1.165, 1.54) is 0 Å². The fraction of sp³-hybridized carbons (Fsp3) is 0.281. The average Bonchev–Trinajstić information content (AvgIpc) is 2.98. The van der Waals surface area contributed by atoms with Crippen LogP contribution in [0.2, 0.25) is 0 Å². The maximum absolute atomic E-state index is 11.6. The van der Waals surface area contributed by atoms with Crippen molar-refractivity contribution >= 4 is 16.7 Å². The molecule has 0 saturated heterocycles. The third-order valence-corrected chi connectivity index (χ3v) is 6.57. The number of carbonyl (C=O) groups is 1. The first-order valence-corrected chi connectivity index (χ1v) is 13.3. The first-order chi connectivity index (χ1) is 19.2. The summed E-state index contributed by atoms with van der Waals surface area (Å²) in [5.41, 5.74) is 3.53. The average molecular weight is 523 g/mol. The number of hydrogen-bond acceptors (Lipinski definition) is 7. The molecule has 1 aromatic heterocycles. The van der Waals surface area contributed by atoms with Gasteiger partial charge in [0.2, 0.25) is 5.88 Å². The summed E-state index contributed by atoms with van der Waals surface area (Å²) in [4.78, 5) is 16.4. The summed E-state index contributed by atoms with van der Waals surface area (Å²) >= 11 is 0. The van der Waals surface area contributed by atoms with Crippen molar-refractivity contribution < 1.29 is 23.7 Å². The number of esters is 1. The van der Waals surface area contributed by atoms with E-state index in [9.17, 15) is 10.1 Å². The van der Waals surface area contributed by atoms with Crippen LogP contribution in [0, 0.1) is 11.3 Å². The van der Waals surface area contributed by atoms with Crippen LogP contribution in [0.1, 0.15) is 38.2 Å². The zero-order chi connectivity index (χ0) is 27.0. The fourth-order valence-corrected chi connectivity index (χ4v) is 4.62. The van der Waals surface area contributed by atoms with Gasteiger partial charge in [0.25, 0.3) is 0 Å². The summed E-state index contributed by atoms with van der Waals surface area (Å²) in [6.45, 7) is 3.56. The standard InChI is InChI=1S/C32H30N2O5/c1-2-36-31(35)10-4-3-7-15-39-32-27(21-33)26(24-13-14-29-30(19-24)38-17-16-37-29)20-28(34-32)25-12-11-22-8-5-6-9-23(22)18-25/h5-6,8-9,11-14,18-20H,2-4,7,10,15-17H2,1H3. The van der Waals surface area contributed by atoms with Gasteiger partial charge in [0.05, 0.1) is 18.9 Å². The Morgan fingerprint density at radius 2 is 1.72 bits per heavy atom. The highest BCUT2D eigenvalue weighted by Crippen LogP contribution is 2.39. The summed E-state index contributed by atoms with van der Waals surface area (Å²) in [6, 6.07) is 24.3. The molecular weight excluding hydrogens is 492 g/mol. The number of ether oxygens (including phenoxy) is 4. The smallest absolute Gasteiger partial charge is 0.305 e. The highest BCUT2D eigenvalue weighted by atomic mass is 16.6. The summed E-state index contributed by atoms with van der Waals surface area (Å²) in [5.74, 6) is 1.44. The Morgan fingerprint density at radius 1 is 0.923 bits per heavy atom. The van der Waals surface area contributed by atoms with E-state index in [0.717, 1.165) is 41.2 Å². The van der Waals surface area contributed by atoms with Gasteiger partial charge in [-0.15, -0.1) is 0 Å². The maximum atomic E-state index is 11.6. The predicted octanol–water partition coefficient (Wildman–Crippen LogP) is 6.71. The molecular formula is C32H30N2O5. The van der Waals surface area contributed by atoms with Gasteiger partial charge in [0.1, 0.15) is 24.8 Å². The van der Waals surface area contributed by atoms with Crippen LogP contribution in [0.15, 0.2) is 66.7 Å². The summed E-state index contributed by atoms with van der Waals surface area (Å²) < 4.78 is 22.6.